The molecule has 1 aliphatic carbocycles. The van der Waals surface area contributed by atoms with Crippen LogP contribution in [0.1, 0.15) is 44.3 Å². The zero-order chi connectivity index (χ0) is 22.0. The van der Waals surface area contributed by atoms with Crippen molar-refractivity contribution in [2.24, 2.45) is 5.92 Å². The number of hydrogen-bond donors (Lipinski definition) is 1. The molecular formula is C23H24F2N4OS. The molecule has 1 unspecified atom stereocenters. The van der Waals surface area contributed by atoms with Gasteiger partial charge in [-0.2, -0.15) is 0 Å². The highest BCUT2D eigenvalue weighted by molar-refractivity contribution is 7.99. The highest BCUT2D eigenvalue weighted by atomic mass is 32.2. The lowest BCUT2D eigenvalue weighted by molar-refractivity contribution is -0.119. The molecule has 1 N–H and O–H groups in total. The van der Waals surface area contributed by atoms with Crippen molar-refractivity contribution in [1.82, 2.24) is 20.1 Å². The summed E-state index contributed by atoms with van der Waals surface area (Å²) in [4.78, 5) is 12.7. The smallest absolute Gasteiger partial charge is 0.230 e. The van der Waals surface area contributed by atoms with Gasteiger partial charge in [0.25, 0.3) is 0 Å². The summed E-state index contributed by atoms with van der Waals surface area (Å²) in [6, 6.07) is 12.7. The van der Waals surface area contributed by atoms with E-state index >= 15 is 0 Å². The number of hydrogen-bond acceptors (Lipinski definition) is 4. The standard InChI is InChI=1S/C23H24F2N4OS/c1-14(2)21(15-7-9-16(24)10-8-15)26-20(30)13-31-23-28-27-22(29(23)17-11-12-17)18-5-3-4-6-19(18)25/h3-10,14,17,21H,11-13H2,1-2H3,(H,26,30). The molecule has 4 rings (SSSR count). The number of benzene rings is 2. The van der Waals surface area contributed by atoms with Gasteiger partial charge < -0.3 is 5.32 Å². The topological polar surface area (TPSA) is 59.8 Å². The molecule has 162 valence electrons. The van der Waals surface area contributed by atoms with Gasteiger partial charge >= 0.3 is 0 Å². The molecule has 0 saturated heterocycles. The van der Waals surface area contributed by atoms with Crippen molar-refractivity contribution in [2.45, 2.75) is 43.9 Å². The molecule has 1 amide bonds. The number of nitrogens with one attached hydrogen (secondary N) is 1. The van der Waals surface area contributed by atoms with Crippen LogP contribution in [0.3, 0.4) is 0 Å². The fourth-order valence-corrected chi connectivity index (χ4v) is 4.33. The van der Waals surface area contributed by atoms with E-state index in [2.05, 4.69) is 15.5 Å². The van der Waals surface area contributed by atoms with E-state index < -0.39 is 0 Å². The van der Waals surface area contributed by atoms with Crippen LogP contribution in [0.5, 0.6) is 0 Å². The van der Waals surface area contributed by atoms with Crippen molar-refractivity contribution in [2.75, 3.05) is 5.75 Å². The molecule has 1 aliphatic rings. The van der Waals surface area contributed by atoms with Crippen LogP contribution in [-0.2, 0) is 4.79 Å². The molecule has 8 heteroatoms. The van der Waals surface area contributed by atoms with Crippen molar-refractivity contribution in [3.05, 3.63) is 65.7 Å². The number of nitrogens with zero attached hydrogens (tertiary/aromatic N) is 3. The normalized spacial score (nSPS) is 14.6. The first-order valence-electron chi connectivity index (χ1n) is 10.3. The minimum Gasteiger partial charge on any atom is -0.348 e. The first-order chi connectivity index (χ1) is 14.9. The third-order valence-corrected chi connectivity index (χ3v) is 6.18. The lowest BCUT2D eigenvalue weighted by atomic mass is 9.96. The minimum atomic E-state index is -0.342. The van der Waals surface area contributed by atoms with Gasteiger partial charge in [0.05, 0.1) is 17.4 Å². The summed E-state index contributed by atoms with van der Waals surface area (Å²) in [5, 5.41) is 12.1. The van der Waals surface area contributed by atoms with Crippen molar-refractivity contribution in [1.29, 1.82) is 0 Å². The first kappa shape index (κ1) is 21.5. The maximum atomic E-state index is 14.3. The Morgan fingerprint density at radius 1 is 1.13 bits per heavy atom. The number of carbonyl (C=O) groups is 1. The van der Waals surface area contributed by atoms with Crippen LogP contribution in [0, 0.1) is 17.6 Å². The zero-order valence-electron chi connectivity index (χ0n) is 17.4. The van der Waals surface area contributed by atoms with Crippen LogP contribution in [0.25, 0.3) is 11.4 Å². The highest BCUT2D eigenvalue weighted by Crippen LogP contribution is 2.41. The van der Waals surface area contributed by atoms with E-state index in [1.165, 1.54) is 30.0 Å². The Balaban J connectivity index is 1.47. The summed E-state index contributed by atoms with van der Waals surface area (Å²) in [6.45, 7) is 4.01. The number of halogens is 2. The van der Waals surface area contributed by atoms with E-state index in [0.29, 0.717) is 16.5 Å². The van der Waals surface area contributed by atoms with Gasteiger partial charge in [-0.05, 0) is 48.6 Å². The second-order valence-corrected chi connectivity index (χ2v) is 8.96. The van der Waals surface area contributed by atoms with Crippen molar-refractivity contribution >= 4 is 17.7 Å². The maximum absolute atomic E-state index is 14.3. The largest absolute Gasteiger partial charge is 0.348 e. The monoisotopic (exact) mass is 442 g/mol. The van der Waals surface area contributed by atoms with Crippen molar-refractivity contribution in [3.63, 3.8) is 0 Å². The summed E-state index contributed by atoms with van der Waals surface area (Å²) in [5.41, 5.74) is 1.27. The van der Waals surface area contributed by atoms with Gasteiger partial charge in [0.1, 0.15) is 11.6 Å². The van der Waals surface area contributed by atoms with Crippen LogP contribution in [0.4, 0.5) is 8.78 Å². The average molecular weight is 443 g/mol. The molecule has 1 atom stereocenters. The van der Waals surface area contributed by atoms with Gasteiger partial charge in [0.2, 0.25) is 5.91 Å². The average Bonchev–Trinajstić information content (AvgIpc) is 3.50. The van der Waals surface area contributed by atoms with Gasteiger partial charge in [-0.3, -0.25) is 9.36 Å². The van der Waals surface area contributed by atoms with Crippen LogP contribution >= 0.6 is 11.8 Å². The van der Waals surface area contributed by atoms with Crippen LogP contribution < -0.4 is 5.32 Å². The number of rotatable bonds is 8. The van der Waals surface area contributed by atoms with Crippen molar-refractivity contribution in [3.8, 4) is 11.4 Å². The number of carbonyl (C=O) groups excluding carboxylic acids is 1. The summed E-state index contributed by atoms with van der Waals surface area (Å²) in [7, 11) is 0. The molecule has 1 aromatic heterocycles. The predicted octanol–water partition coefficient (Wildman–Crippen LogP) is 5.16. The SMILES string of the molecule is CC(C)C(NC(=O)CSc1nnc(-c2ccccc2F)n1C1CC1)c1ccc(F)cc1. The Labute approximate surface area is 184 Å². The molecule has 31 heavy (non-hydrogen) atoms. The lowest BCUT2D eigenvalue weighted by Gasteiger charge is -2.23. The van der Waals surface area contributed by atoms with E-state index in [1.54, 1.807) is 30.3 Å². The van der Waals surface area contributed by atoms with Gasteiger partial charge in [0.15, 0.2) is 11.0 Å². The molecule has 0 spiro atoms. The molecule has 0 bridgehead atoms. The van der Waals surface area contributed by atoms with Crippen LogP contribution in [0.15, 0.2) is 53.7 Å². The lowest BCUT2D eigenvalue weighted by Crippen LogP contribution is -2.33. The highest BCUT2D eigenvalue weighted by Gasteiger charge is 2.31. The van der Waals surface area contributed by atoms with Gasteiger partial charge in [-0.1, -0.05) is 49.9 Å². The summed E-state index contributed by atoms with van der Waals surface area (Å²) >= 11 is 1.29. The minimum absolute atomic E-state index is 0.141. The Bertz CT molecular complexity index is 1060. The molecule has 5 nitrogen and oxygen atoms in total. The second-order valence-electron chi connectivity index (χ2n) is 8.02. The summed E-state index contributed by atoms with van der Waals surface area (Å²) in [6.07, 6.45) is 1.97. The molecule has 1 saturated carbocycles. The maximum Gasteiger partial charge on any atom is 0.230 e. The van der Waals surface area contributed by atoms with E-state index in [4.69, 9.17) is 0 Å². The fraction of sp³-hybridized carbons (Fsp3) is 0.348. The summed E-state index contributed by atoms with van der Waals surface area (Å²) < 4.78 is 29.5. The fourth-order valence-electron chi connectivity index (χ4n) is 3.51. The molecular weight excluding hydrogens is 418 g/mol. The molecule has 2 aromatic carbocycles. The van der Waals surface area contributed by atoms with Gasteiger partial charge in [0, 0.05) is 6.04 Å². The Morgan fingerprint density at radius 2 is 1.84 bits per heavy atom. The molecule has 1 fully saturated rings. The number of aromatic nitrogens is 3. The Morgan fingerprint density at radius 3 is 2.48 bits per heavy atom. The van der Waals surface area contributed by atoms with E-state index in [-0.39, 0.29) is 41.3 Å². The Hall–Kier alpha value is -2.74. The van der Waals surface area contributed by atoms with Gasteiger partial charge in [-0.15, -0.1) is 10.2 Å². The quantitative estimate of drug-likeness (QED) is 0.490. The third kappa shape index (κ3) is 4.95. The molecule has 0 radical (unpaired) electrons. The Kier molecular flexibility index (Phi) is 6.36. The molecule has 3 aromatic rings. The summed E-state index contributed by atoms with van der Waals surface area (Å²) in [5.74, 6) is -0.00161. The first-order valence-corrected chi connectivity index (χ1v) is 11.3. The zero-order valence-corrected chi connectivity index (χ0v) is 18.2. The van der Waals surface area contributed by atoms with Crippen molar-refractivity contribution < 1.29 is 13.6 Å². The van der Waals surface area contributed by atoms with Crippen LogP contribution in [-0.4, -0.2) is 26.4 Å². The number of thioether (sulfide) groups is 1. The van der Waals surface area contributed by atoms with E-state index in [0.717, 1.165) is 18.4 Å². The number of amides is 1. The van der Waals surface area contributed by atoms with Gasteiger partial charge in [-0.25, -0.2) is 8.78 Å². The van der Waals surface area contributed by atoms with E-state index in [1.807, 2.05) is 18.4 Å². The second kappa shape index (κ2) is 9.18. The molecule has 0 aliphatic heterocycles. The van der Waals surface area contributed by atoms with E-state index in [9.17, 15) is 13.6 Å². The predicted molar refractivity (Wildman–Crippen MR) is 117 cm³/mol. The third-order valence-electron chi connectivity index (χ3n) is 5.24. The molecule has 1 heterocycles. The van der Waals surface area contributed by atoms with Crippen LogP contribution in [0.2, 0.25) is 0 Å².